The minimum atomic E-state index is 0.870. The maximum Gasteiger partial charge on any atom is 0.129 e. The summed E-state index contributed by atoms with van der Waals surface area (Å²) in [5, 5.41) is 1.01. The second-order valence-corrected chi connectivity index (χ2v) is 5.14. The lowest BCUT2D eigenvalue weighted by molar-refractivity contribution is 0.416. The van der Waals surface area contributed by atoms with Gasteiger partial charge in [0.15, 0.2) is 0 Å². The van der Waals surface area contributed by atoms with E-state index >= 15 is 0 Å². The Kier molecular flexibility index (Phi) is 2.76. The van der Waals surface area contributed by atoms with Gasteiger partial charge in [-0.2, -0.15) is 0 Å². The molecule has 18 heavy (non-hydrogen) atoms. The Morgan fingerprint density at radius 3 is 2.67 bits per heavy atom. The second-order valence-electron chi connectivity index (χ2n) is 4.14. The van der Waals surface area contributed by atoms with Crippen LogP contribution in [0.5, 0.6) is 5.75 Å². The minimum absolute atomic E-state index is 0.870. The number of aryl methyl sites for hydroxylation is 1. The van der Waals surface area contributed by atoms with Crippen LogP contribution in [0.15, 0.2) is 42.5 Å². The van der Waals surface area contributed by atoms with Gasteiger partial charge in [0.1, 0.15) is 10.8 Å². The summed E-state index contributed by atoms with van der Waals surface area (Å²) >= 11 is 1.72. The van der Waals surface area contributed by atoms with Crippen molar-refractivity contribution in [2.75, 3.05) is 7.11 Å². The second kappa shape index (κ2) is 4.42. The summed E-state index contributed by atoms with van der Waals surface area (Å²) in [5.41, 5.74) is 3.38. The Hall–Kier alpha value is -1.87. The third kappa shape index (κ3) is 1.77. The number of hydrogen-bond donors (Lipinski definition) is 0. The predicted molar refractivity (Wildman–Crippen MR) is 76.3 cm³/mol. The number of thiazole rings is 1. The lowest BCUT2D eigenvalue weighted by atomic mass is 10.2. The molecule has 1 aromatic heterocycles. The van der Waals surface area contributed by atoms with E-state index in [1.807, 2.05) is 30.3 Å². The first-order valence-electron chi connectivity index (χ1n) is 5.79. The first-order valence-corrected chi connectivity index (χ1v) is 6.61. The molecule has 3 heteroatoms. The molecule has 0 saturated carbocycles. The summed E-state index contributed by atoms with van der Waals surface area (Å²) in [7, 11) is 1.69. The van der Waals surface area contributed by atoms with Crippen LogP contribution in [0, 0.1) is 6.92 Å². The van der Waals surface area contributed by atoms with Gasteiger partial charge in [0.25, 0.3) is 0 Å². The van der Waals surface area contributed by atoms with Crippen molar-refractivity contribution in [2.45, 2.75) is 6.92 Å². The Morgan fingerprint density at radius 2 is 1.89 bits per heavy atom. The Balaban J connectivity index is 2.23. The van der Waals surface area contributed by atoms with Gasteiger partial charge in [-0.1, -0.05) is 24.3 Å². The average Bonchev–Trinajstić information content (AvgIpc) is 2.84. The summed E-state index contributed by atoms with van der Waals surface area (Å²) in [6.45, 7) is 2.12. The average molecular weight is 255 g/mol. The zero-order valence-electron chi connectivity index (χ0n) is 10.3. The number of fused-ring (bicyclic) bond motifs is 1. The normalized spacial score (nSPS) is 10.8. The minimum Gasteiger partial charge on any atom is -0.496 e. The van der Waals surface area contributed by atoms with Crippen LogP contribution in [0.1, 0.15) is 5.56 Å². The lowest BCUT2D eigenvalue weighted by Gasteiger charge is -2.04. The van der Waals surface area contributed by atoms with E-state index in [1.54, 1.807) is 18.4 Å². The van der Waals surface area contributed by atoms with Crippen molar-refractivity contribution < 1.29 is 4.74 Å². The Morgan fingerprint density at radius 1 is 1.06 bits per heavy atom. The number of benzene rings is 2. The molecule has 0 aliphatic carbocycles. The summed E-state index contributed by atoms with van der Waals surface area (Å²) in [6.07, 6.45) is 0. The quantitative estimate of drug-likeness (QED) is 0.682. The molecule has 2 nitrogen and oxygen atoms in total. The van der Waals surface area contributed by atoms with Crippen molar-refractivity contribution in [1.29, 1.82) is 0 Å². The monoisotopic (exact) mass is 255 g/mol. The molecule has 90 valence electrons. The lowest BCUT2D eigenvalue weighted by Crippen LogP contribution is -1.86. The smallest absolute Gasteiger partial charge is 0.129 e. The molecule has 0 amide bonds. The van der Waals surface area contributed by atoms with E-state index < -0.39 is 0 Å². The molecule has 0 radical (unpaired) electrons. The van der Waals surface area contributed by atoms with Gasteiger partial charge >= 0.3 is 0 Å². The van der Waals surface area contributed by atoms with Crippen LogP contribution < -0.4 is 4.74 Å². The Labute approximate surface area is 110 Å². The van der Waals surface area contributed by atoms with Crippen LogP contribution in [0.2, 0.25) is 0 Å². The molecule has 0 spiro atoms. The molecule has 1 heterocycles. The van der Waals surface area contributed by atoms with E-state index in [4.69, 9.17) is 9.72 Å². The first-order chi connectivity index (χ1) is 8.79. The fourth-order valence-corrected chi connectivity index (χ4v) is 3.09. The maximum absolute atomic E-state index is 5.39. The van der Waals surface area contributed by atoms with E-state index in [0.717, 1.165) is 21.8 Å². The summed E-state index contributed by atoms with van der Waals surface area (Å²) in [5.74, 6) is 0.870. The molecule has 0 bridgehead atoms. The molecule has 0 aliphatic rings. The molecule has 2 aromatic carbocycles. The number of methoxy groups -OCH3 is 1. The van der Waals surface area contributed by atoms with Crippen molar-refractivity contribution >= 4 is 21.6 Å². The van der Waals surface area contributed by atoms with E-state index in [2.05, 4.69) is 19.1 Å². The van der Waals surface area contributed by atoms with E-state index in [1.165, 1.54) is 10.3 Å². The van der Waals surface area contributed by atoms with Crippen molar-refractivity contribution in [1.82, 2.24) is 4.98 Å². The van der Waals surface area contributed by atoms with Gasteiger partial charge in [-0.3, -0.25) is 0 Å². The highest BCUT2D eigenvalue weighted by Gasteiger charge is 2.11. The molecular formula is C15H13NOS. The summed E-state index contributed by atoms with van der Waals surface area (Å²) in [6, 6.07) is 14.2. The highest BCUT2D eigenvalue weighted by atomic mass is 32.1. The number of para-hydroxylation sites is 1. The maximum atomic E-state index is 5.39. The number of hydrogen-bond acceptors (Lipinski definition) is 3. The van der Waals surface area contributed by atoms with E-state index in [9.17, 15) is 0 Å². The van der Waals surface area contributed by atoms with Gasteiger partial charge in [-0.15, -0.1) is 11.3 Å². The van der Waals surface area contributed by atoms with E-state index in [0.29, 0.717) is 0 Å². The number of ether oxygens (including phenoxy) is 1. The number of nitrogens with zero attached hydrogens (tertiary/aromatic N) is 1. The standard InChI is InChI=1S/C15H13NOS/c1-10-6-5-8-12-14(10)18-15(16-12)11-7-3-4-9-13(11)17-2/h3-9H,1-2H3. The molecule has 0 N–H and O–H groups in total. The molecule has 0 aliphatic heterocycles. The summed E-state index contributed by atoms with van der Waals surface area (Å²) in [4.78, 5) is 4.69. The van der Waals surface area contributed by atoms with Crippen molar-refractivity contribution in [2.24, 2.45) is 0 Å². The Bertz CT molecular complexity index is 703. The first kappa shape index (κ1) is 11.2. The van der Waals surface area contributed by atoms with Crippen molar-refractivity contribution in [3.8, 4) is 16.3 Å². The highest BCUT2D eigenvalue weighted by molar-refractivity contribution is 7.21. The van der Waals surface area contributed by atoms with Crippen LogP contribution in [0.4, 0.5) is 0 Å². The SMILES string of the molecule is COc1ccccc1-c1nc2cccc(C)c2s1. The molecule has 0 unspecified atom stereocenters. The molecule has 0 atom stereocenters. The van der Waals surface area contributed by atoms with Crippen LogP contribution >= 0.6 is 11.3 Å². The largest absolute Gasteiger partial charge is 0.496 e. The van der Waals surface area contributed by atoms with Crippen LogP contribution in [-0.2, 0) is 0 Å². The van der Waals surface area contributed by atoms with Gasteiger partial charge in [-0.25, -0.2) is 4.98 Å². The zero-order valence-corrected chi connectivity index (χ0v) is 11.1. The molecule has 3 aromatic rings. The van der Waals surface area contributed by atoms with Gasteiger partial charge in [0.2, 0.25) is 0 Å². The molecule has 3 rings (SSSR count). The molecule has 0 fully saturated rings. The molecule has 0 saturated heterocycles. The molecular weight excluding hydrogens is 242 g/mol. The highest BCUT2D eigenvalue weighted by Crippen LogP contribution is 2.36. The third-order valence-corrected chi connectivity index (χ3v) is 4.19. The number of rotatable bonds is 2. The van der Waals surface area contributed by atoms with Crippen molar-refractivity contribution in [3.05, 3.63) is 48.0 Å². The summed E-state index contributed by atoms with van der Waals surface area (Å²) < 4.78 is 6.64. The van der Waals surface area contributed by atoms with Gasteiger partial charge in [0.05, 0.1) is 22.9 Å². The topological polar surface area (TPSA) is 22.1 Å². The van der Waals surface area contributed by atoms with Gasteiger partial charge in [0, 0.05) is 0 Å². The zero-order chi connectivity index (χ0) is 12.5. The van der Waals surface area contributed by atoms with Gasteiger partial charge < -0.3 is 4.74 Å². The van der Waals surface area contributed by atoms with Crippen LogP contribution in [0.3, 0.4) is 0 Å². The third-order valence-electron chi connectivity index (χ3n) is 2.95. The van der Waals surface area contributed by atoms with Crippen LogP contribution in [0.25, 0.3) is 20.8 Å². The van der Waals surface area contributed by atoms with E-state index in [-0.39, 0.29) is 0 Å². The number of aromatic nitrogens is 1. The fraction of sp³-hybridized carbons (Fsp3) is 0.133. The predicted octanol–water partition coefficient (Wildman–Crippen LogP) is 4.28. The van der Waals surface area contributed by atoms with Crippen molar-refractivity contribution in [3.63, 3.8) is 0 Å². The van der Waals surface area contributed by atoms with Crippen LogP contribution in [-0.4, -0.2) is 12.1 Å². The fourth-order valence-electron chi connectivity index (χ4n) is 2.02. The van der Waals surface area contributed by atoms with Gasteiger partial charge in [-0.05, 0) is 30.7 Å².